The van der Waals surface area contributed by atoms with Crippen LogP contribution in [0.5, 0.6) is 0 Å². The lowest BCUT2D eigenvalue weighted by atomic mass is 9.89. The first-order valence-corrected chi connectivity index (χ1v) is 9.35. The number of aromatic nitrogens is 7. The first kappa shape index (κ1) is 17.0. The van der Waals surface area contributed by atoms with Crippen LogP contribution < -0.4 is 0 Å². The molecule has 7 nitrogen and oxygen atoms in total. The summed E-state index contributed by atoms with van der Waals surface area (Å²) in [5.74, 6) is 0. The Morgan fingerprint density at radius 1 is 1.08 bits per heavy atom. The zero-order chi connectivity index (χ0) is 18.5. The maximum atomic E-state index is 4.67. The second kappa shape index (κ2) is 5.77. The van der Waals surface area contributed by atoms with Crippen molar-refractivity contribution in [2.45, 2.75) is 51.9 Å². The number of hydrogen-bond donors (Lipinski definition) is 0. The van der Waals surface area contributed by atoms with Gasteiger partial charge in [-0.25, -0.2) is 9.50 Å². The molecule has 0 spiro atoms. The molecule has 26 heavy (non-hydrogen) atoms. The van der Waals surface area contributed by atoms with Crippen LogP contribution in [-0.4, -0.2) is 35.0 Å². The van der Waals surface area contributed by atoms with Crippen molar-refractivity contribution < 1.29 is 0 Å². The number of thiazole rings is 1. The van der Waals surface area contributed by atoms with E-state index in [4.69, 9.17) is 0 Å². The molecule has 4 heterocycles. The average Bonchev–Trinajstić information content (AvgIpc) is 3.18. The van der Waals surface area contributed by atoms with Gasteiger partial charge in [-0.15, -0.1) is 21.5 Å². The van der Waals surface area contributed by atoms with E-state index in [1.54, 1.807) is 17.5 Å². The van der Waals surface area contributed by atoms with Gasteiger partial charge >= 0.3 is 0 Å². The maximum Gasteiger partial charge on any atom is 0.192 e. The minimum atomic E-state index is -0.187. The van der Waals surface area contributed by atoms with Gasteiger partial charge in [-0.3, -0.25) is 0 Å². The van der Waals surface area contributed by atoms with Gasteiger partial charge in [-0.1, -0.05) is 34.6 Å². The van der Waals surface area contributed by atoms with Gasteiger partial charge in [0, 0.05) is 23.3 Å². The monoisotopic (exact) mass is 367 g/mol. The van der Waals surface area contributed by atoms with Gasteiger partial charge < -0.3 is 0 Å². The van der Waals surface area contributed by atoms with Crippen LogP contribution in [0.3, 0.4) is 0 Å². The summed E-state index contributed by atoms with van der Waals surface area (Å²) in [4.78, 5) is 4.65. The zero-order valence-corrected chi connectivity index (χ0v) is 16.4. The molecule has 4 aromatic rings. The molecule has 134 valence electrons. The highest BCUT2D eigenvalue weighted by Gasteiger charge is 2.27. The van der Waals surface area contributed by atoms with Crippen LogP contribution in [0, 0.1) is 0 Å². The average molecular weight is 367 g/mol. The maximum absolute atomic E-state index is 4.67. The molecule has 0 aliphatic heterocycles. The van der Waals surface area contributed by atoms with Crippen molar-refractivity contribution in [2.24, 2.45) is 0 Å². The van der Waals surface area contributed by atoms with Crippen LogP contribution in [0.4, 0.5) is 0 Å². The topological polar surface area (TPSA) is 81.8 Å². The summed E-state index contributed by atoms with van der Waals surface area (Å²) < 4.78 is 2.87. The number of nitrogens with zero attached hydrogens (tertiary/aromatic N) is 7. The fourth-order valence-electron chi connectivity index (χ4n) is 2.80. The lowest BCUT2D eigenvalue weighted by molar-refractivity contribution is 0.506. The van der Waals surface area contributed by atoms with E-state index < -0.39 is 0 Å². The van der Waals surface area contributed by atoms with Gasteiger partial charge in [0.05, 0.1) is 28.5 Å². The second-order valence-electron chi connectivity index (χ2n) is 8.20. The third-order valence-corrected chi connectivity index (χ3v) is 5.69. The standard InChI is InChI=1S/C18H21N7S/c1-17(2,3)13-8-14-22-21-11(10-25(14)24-13)9-18(4,5)16-20-15-12(26-16)6-7-19-23-15/h6-8,10H,9H2,1-5H3. The summed E-state index contributed by atoms with van der Waals surface area (Å²) >= 11 is 1.65. The van der Waals surface area contributed by atoms with E-state index in [1.807, 2.05) is 22.8 Å². The normalized spacial score (nSPS) is 13.0. The molecular formula is C18H21N7S. The van der Waals surface area contributed by atoms with Gasteiger partial charge in [-0.05, 0) is 6.07 Å². The van der Waals surface area contributed by atoms with Crippen LogP contribution in [-0.2, 0) is 17.3 Å². The van der Waals surface area contributed by atoms with E-state index in [0.29, 0.717) is 12.1 Å². The summed E-state index contributed by atoms with van der Waals surface area (Å²) in [7, 11) is 0. The quantitative estimate of drug-likeness (QED) is 0.552. The molecule has 0 saturated heterocycles. The van der Waals surface area contributed by atoms with E-state index in [9.17, 15) is 0 Å². The molecule has 8 heteroatoms. The molecule has 0 amide bonds. The minimum absolute atomic E-state index is 0.0187. The fraction of sp³-hybridized carbons (Fsp3) is 0.444. The van der Waals surface area contributed by atoms with Crippen LogP contribution in [0.25, 0.3) is 16.0 Å². The Labute approximate surface area is 155 Å². The number of fused-ring (bicyclic) bond motifs is 2. The SMILES string of the molecule is CC(C)(C)c1cc2nnc(CC(C)(C)c3nc4nnccc4s3)cn2n1. The summed E-state index contributed by atoms with van der Waals surface area (Å²) in [5, 5.41) is 22.4. The summed E-state index contributed by atoms with van der Waals surface area (Å²) in [6.07, 6.45) is 4.38. The van der Waals surface area contributed by atoms with Crippen molar-refractivity contribution in [2.75, 3.05) is 0 Å². The van der Waals surface area contributed by atoms with Crippen molar-refractivity contribution in [1.82, 2.24) is 35.0 Å². The summed E-state index contributed by atoms with van der Waals surface area (Å²) in [6, 6.07) is 3.94. The first-order chi connectivity index (χ1) is 12.2. The molecule has 0 aliphatic rings. The van der Waals surface area contributed by atoms with Crippen LogP contribution in [0.1, 0.15) is 51.0 Å². The minimum Gasteiger partial charge on any atom is -0.219 e. The Hall–Kier alpha value is -2.48. The highest BCUT2D eigenvalue weighted by atomic mass is 32.1. The Bertz CT molecular complexity index is 1050. The first-order valence-electron chi connectivity index (χ1n) is 8.54. The highest BCUT2D eigenvalue weighted by molar-refractivity contribution is 7.18. The van der Waals surface area contributed by atoms with E-state index in [2.05, 4.69) is 65.1 Å². The summed E-state index contributed by atoms with van der Waals surface area (Å²) in [6.45, 7) is 10.7. The van der Waals surface area contributed by atoms with E-state index in [0.717, 1.165) is 26.7 Å². The second-order valence-corrected chi connectivity index (χ2v) is 9.23. The van der Waals surface area contributed by atoms with Crippen molar-refractivity contribution in [3.8, 4) is 0 Å². The van der Waals surface area contributed by atoms with Crippen molar-refractivity contribution in [3.05, 3.63) is 40.9 Å². The third-order valence-electron chi connectivity index (χ3n) is 4.32. The Kier molecular flexibility index (Phi) is 3.76. The summed E-state index contributed by atoms with van der Waals surface area (Å²) in [5.41, 5.74) is 3.16. The number of rotatable bonds is 3. The molecule has 0 fully saturated rings. The lowest BCUT2D eigenvalue weighted by Gasteiger charge is -2.20. The molecule has 0 N–H and O–H groups in total. The molecule has 0 bridgehead atoms. The van der Waals surface area contributed by atoms with E-state index in [1.165, 1.54) is 0 Å². The highest BCUT2D eigenvalue weighted by Crippen LogP contribution is 2.32. The van der Waals surface area contributed by atoms with Gasteiger partial charge in [0.1, 0.15) is 5.01 Å². The van der Waals surface area contributed by atoms with E-state index >= 15 is 0 Å². The Morgan fingerprint density at radius 2 is 1.88 bits per heavy atom. The molecule has 0 aromatic carbocycles. The number of hydrogen-bond acceptors (Lipinski definition) is 7. The predicted molar refractivity (Wildman–Crippen MR) is 101 cm³/mol. The van der Waals surface area contributed by atoms with Crippen molar-refractivity contribution in [3.63, 3.8) is 0 Å². The predicted octanol–water partition coefficient (Wildman–Crippen LogP) is 3.34. The largest absolute Gasteiger partial charge is 0.219 e. The molecule has 0 unspecified atom stereocenters. The molecule has 0 radical (unpaired) electrons. The fourth-order valence-corrected chi connectivity index (χ4v) is 3.79. The molecule has 4 aromatic heterocycles. The smallest absolute Gasteiger partial charge is 0.192 e. The van der Waals surface area contributed by atoms with Gasteiger partial charge in [0.25, 0.3) is 0 Å². The lowest BCUT2D eigenvalue weighted by Crippen LogP contribution is -2.21. The van der Waals surface area contributed by atoms with Crippen molar-refractivity contribution in [1.29, 1.82) is 0 Å². The molecular weight excluding hydrogens is 346 g/mol. The Morgan fingerprint density at radius 3 is 2.62 bits per heavy atom. The van der Waals surface area contributed by atoms with Gasteiger partial charge in [-0.2, -0.15) is 15.3 Å². The zero-order valence-electron chi connectivity index (χ0n) is 15.6. The van der Waals surface area contributed by atoms with Crippen LogP contribution >= 0.6 is 11.3 Å². The molecule has 0 aliphatic carbocycles. The molecule has 0 saturated carbocycles. The van der Waals surface area contributed by atoms with Gasteiger partial charge in [0.15, 0.2) is 11.3 Å². The van der Waals surface area contributed by atoms with Crippen molar-refractivity contribution >= 4 is 27.3 Å². The van der Waals surface area contributed by atoms with Crippen LogP contribution in [0.15, 0.2) is 24.5 Å². The van der Waals surface area contributed by atoms with Crippen LogP contribution in [0.2, 0.25) is 0 Å². The van der Waals surface area contributed by atoms with E-state index in [-0.39, 0.29) is 10.8 Å². The van der Waals surface area contributed by atoms with Gasteiger partial charge in [0.2, 0.25) is 0 Å². The molecule has 4 rings (SSSR count). The Balaban J connectivity index is 1.66. The molecule has 0 atom stereocenters. The third kappa shape index (κ3) is 3.05.